The van der Waals surface area contributed by atoms with Gasteiger partial charge in [0.2, 0.25) is 11.8 Å². The van der Waals surface area contributed by atoms with Crippen molar-refractivity contribution in [3.05, 3.63) is 29.5 Å². The van der Waals surface area contributed by atoms with Gasteiger partial charge in [0, 0.05) is 31.6 Å². The van der Waals surface area contributed by atoms with Crippen LogP contribution in [0.3, 0.4) is 0 Å². The van der Waals surface area contributed by atoms with Crippen molar-refractivity contribution in [2.75, 3.05) is 39.8 Å². The molecule has 1 aromatic heterocycles. The zero-order valence-corrected chi connectivity index (χ0v) is 19.9. The van der Waals surface area contributed by atoms with Crippen LogP contribution in [-0.4, -0.2) is 77.6 Å². The molecule has 2 amide bonds. The monoisotopic (exact) mass is 442 g/mol. The third-order valence-corrected chi connectivity index (χ3v) is 6.83. The lowest BCUT2D eigenvalue weighted by atomic mass is 9.78. The summed E-state index contributed by atoms with van der Waals surface area (Å²) in [6, 6.07) is 3.60. The van der Waals surface area contributed by atoms with E-state index in [1.54, 1.807) is 13.2 Å². The van der Waals surface area contributed by atoms with E-state index in [2.05, 4.69) is 27.6 Å². The summed E-state index contributed by atoms with van der Waals surface area (Å²) in [6.07, 6.45) is 5.24. The summed E-state index contributed by atoms with van der Waals surface area (Å²) < 4.78 is 0. The Morgan fingerprint density at radius 3 is 2.50 bits per heavy atom. The number of aromatic amines is 1. The molecule has 176 valence electrons. The van der Waals surface area contributed by atoms with Crippen LogP contribution in [0.15, 0.2) is 18.3 Å². The number of likely N-dealkylation sites (tertiary alicyclic amines) is 2. The second kappa shape index (κ2) is 10.4. The Morgan fingerprint density at radius 2 is 1.84 bits per heavy atom. The highest BCUT2D eigenvalue weighted by Crippen LogP contribution is 2.40. The van der Waals surface area contributed by atoms with Crippen LogP contribution in [0, 0.1) is 12.3 Å². The molecular formula is C24H38N6O2. The van der Waals surface area contributed by atoms with Crippen molar-refractivity contribution < 1.29 is 9.59 Å². The normalized spacial score (nSPS) is 18.5. The zero-order chi connectivity index (χ0) is 23.3. The van der Waals surface area contributed by atoms with E-state index >= 15 is 0 Å². The number of nitrogens with one attached hydrogen (secondary N) is 2. The average Bonchev–Trinajstić information content (AvgIpc) is 3.43. The van der Waals surface area contributed by atoms with Crippen molar-refractivity contribution in [2.45, 2.75) is 52.5 Å². The number of carbonyl (C=O) groups excluding carboxylic acids is 2. The van der Waals surface area contributed by atoms with Crippen LogP contribution in [0.4, 0.5) is 0 Å². The van der Waals surface area contributed by atoms with Gasteiger partial charge in [-0.05, 0) is 62.3 Å². The van der Waals surface area contributed by atoms with E-state index in [0.717, 1.165) is 67.5 Å². The summed E-state index contributed by atoms with van der Waals surface area (Å²) in [5.74, 6) is 0.190. The van der Waals surface area contributed by atoms with E-state index in [1.165, 1.54) is 0 Å². The Morgan fingerprint density at radius 1 is 1.19 bits per heavy atom. The molecule has 1 spiro atoms. The Hall–Kier alpha value is -2.45. The standard InChI is InChI=1S/C22H32N6O2.C2H6/c1-15-9-16(10-17-12-25-26-20(15)17)11-18(23)21(30)28-8-5-22(14-28)3-6-27(7-4-22)19(29)13-24-2;1-2/h9-10,12,18,24H,3-8,11,13-14,23H2,1-2H3,(H,25,26);1-2H3. The number of aromatic nitrogens is 2. The second-order valence-electron chi connectivity index (χ2n) is 8.98. The SMILES string of the molecule is CC.CNCC(=O)N1CCC2(CC1)CCN(C(=O)C(N)Cc1cc(C)c3[nH]ncc3c1)C2. The number of nitrogens with zero attached hydrogens (tertiary/aromatic N) is 3. The number of fused-ring (bicyclic) bond motifs is 1. The van der Waals surface area contributed by atoms with Gasteiger partial charge in [0.05, 0.1) is 24.3 Å². The van der Waals surface area contributed by atoms with E-state index in [9.17, 15) is 9.59 Å². The maximum atomic E-state index is 13.0. The van der Waals surface area contributed by atoms with E-state index < -0.39 is 6.04 Å². The lowest BCUT2D eigenvalue weighted by Gasteiger charge is -2.39. The fraction of sp³-hybridized carbons (Fsp3) is 0.625. The van der Waals surface area contributed by atoms with Gasteiger partial charge in [-0.3, -0.25) is 14.7 Å². The predicted molar refractivity (Wildman–Crippen MR) is 127 cm³/mol. The molecule has 2 aromatic rings. The molecule has 32 heavy (non-hydrogen) atoms. The molecule has 0 aliphatic carbocycles. The number of aryl methyl sites for hydroxylation is 1. The minimum absolute atomic E-state index is 0.0329. The van der Waals surface area contributed by atoms with Crippen LogP contribution in [-0.2, 0) is 16.0 Å². The fourth-order valence-electron chi connectivity index (χ4n) is 5.03. The first-order chi connectivity index (χ1) is 15.4. The zero-order valence-electron chi connectivity index (χ0n) is 19.9. The fourth-order valence-corrected chi connectivity index (χ4v) is 5.03. The van der Waals surface area contributed by atoms with Crippen molar-refractivity contribution in [3.8, 4) is 0 Å². The third-order valence-electron chi connectivity index (χ3n) is 6.83. The molecule has 2 aliphatic rings. The predicted octanol–water partition coefficient (Wildman–Crippen LogP) is 1.83. The van der Waals surface area contributed by atoms with Gasteiger partial charge in [-0.25, -0.2) is 0 Å². The first kappa shape index (κ1) is 24.2. The molecular weight excluding hydrogens is 404 g/mol. The van der Waals surface area contributed by atoms with Crippen LogP contribution >= 0.6 is 0 Å². The van der Waals surface area contributed by atoms with E-state index in [0.29, 0.717) is 13.0 Å². The lowest BCUT2D eigenvalue weighted by molar-refractivity contribution is -0.134. The van der Waals surface area contributed by atoms with Crippen LogP contribution in [0.25, 0.3) is 10.9 Å². The Balaban J connectivity index is 0.00000141. The van der Waals surface area contributed by atoms with Crippen molar-refractivity contribution in [2.24, 2.45) is 11.1 Å². The van der Waals surface area contributed by atoms with Crippen LogP contribution < -0.4 is 11.1 Å². The highest BCUT2D eigenvalue weighted by molar-refractivity contribution is 5.84. The molecule has 1 unspecified atom stereocenters. The van der Waals surface area contributed by atoms with Gasteiger partial charge in [-0.2, -0.15) is 5.10 Å². The first-order valence-corrected chi connectivity index (χ1v) is 11.8. The summed E-state index contributed by atoms with van der Waals surface area (Å²) in [4.78, 5) is 29.0. The van der Waals surface area contributed by atoms with Gasteiger partial charge in [0.15, 0.2) is 0 Å². The molecule has 2 fully saturated rings. The molecule has 1 atom stereocenters. The molecule has 3 heterocycles. The maximum absolute atomic E-state index is 13.0. The second-order valence-corrected chi connectivity index (χ2v) is 8.98. The molecule has 0 bridgehead atoms. The number of benzene rings is 1. The quantitative estimate of drug-likeness (QED) is 0.655. The summed E-state index contributed by atoms with van der Waals surface area (Å²) >= 11 is 0. The molecule has 1 aromatic carbocycles. The average molecular weight is 443 g/mol. The number of hydrogen-bond acceptors (Lipinski definition) is 5. The lowest BCUT2D eigenvalue weighted by Crippen LogP contribution is -2.48. The highest BCUT2D eigenvalue weighted by atomic mass is 16.2. The molecule has 8 heteroatoms. The molecule has 4 N–H and O–H groups in total. The number of amides is 2. The highest BCUT2D eigenvalue weighted by Gasteiger charge is 2.43. The minimum Gasteiger partial charge on any atom is -0.342 e. The number of hydrogen-bond donors (Lipinski definition) is 3. The first-order valence-electron chi connectivity index (χ1n) is 11.8. The molecule has 0 radical (unpaired) electrons. The van der Waals surface area contributed by atoms with Crippen molar-refractivity contribution in [1.82, 2.24) is 25.3 Å². The number of nitrogens with two attached hydrogens (primary N) is 1. The van der Waals surface area contributed by atoms with Gasteiger partial charge in [-0.15, -0.1) is 0 Å². The Labute approximate surface area is 190 Å². The maximum Gasteiger partial charge on any atom is 0.239 e. The molecule has 2 saturated heterocycles. The molecule has 0 saturated carbocycles. The number of likely N-dealkylation sites (N-methyl/N-ethyl adjacent to an activating group) is 1. The smallest absolute Gasteiger partial charge is 0.239 e. The summed E-state index contributed by atoms with van der Waals surface area (Å²) in [5, 5.41) is 11.1. The summed E-state index contributed by atoms with van der Waals surface area (Å²) in [5.41, 5.74) is 9.67. The van der Waals surface area contributed by atoms with Gasteiger partial charge >= 0.3 is 0 Å². The van der Waals surface area contributed by atoms with Crippen LogP contribution in [0.2, 0.25) is 0 Å². The van der Waals surface area contributed by atoms with Gasteiger partial charge in [0.1, 0.15) is 0 Å². The van der Waals surface area contributed by atoms with Gasteiger partial charge < -0.3 is 20.9 Å². The summed E-state index contributed by atoms with van der Waals surface area (Å²) in [6.45, 7) is 9.49. The van der Waals surface area contributed by atoms with Crippen LogP contribution in [0.1, 0.15) is 44.2 Å². The topological polar surface area (TPSA) is 107 Å². The van der Waals surface area contributed by atoms with Gasteiger partial charge in [-0.1, -0.05) is 19.9 Å². The number of piperidine rings is 1. The van der Waals surface area contributed by atoms with E-state index in [4.69, 9.17) is 5.73 Å². The molecule has 2 aliphatic heterocycles. The van der Waals surface area contributed by atoms with Gasteiger partial charge in [0.25, 0.3) is 0 Å². The van der Waals surface area contributed by atoms with Crippen molar-refractivity contribution >= 4 is 22.7 Å². The number of H-pyrrole nitrogens is 1. The van der Waals surface area contributed by atoms with E-state index in [-0.39, 0.29) is 17.2 Å². The summed E-state index contributed by atoms with van der Waals surface area (Å²) in [7, 11) is 1.79. The Kier molecular flexibility index (Phi) is 7.90. The largest absolute Gasteiger partial charge is 0.342 e. The Bertz CT molecular complexity index is 932. The van der Waals surface area contributed by atoms with Crippen molar-refractivity contribution in [3.63, 3.8) is 0 Å². The minimum atomic E-state index is -0.541. The van der Waals surface area contributed by atoms with E-state index in [1.807, 2.05) is 30.6 Å². The third kappa shape index (κ3) is 5.13. The van der Waals surface area contributed by atoms with Crippen molar-refractivity contribution in [1.29, 1.82) is 0 Å². The molecule has 8 nitrogen and oxygen atoms in total. The van der Waals surface area contributed by atoms with Crippen LogP contribution in [0.5, 0.6) is 0 Å². The molecule has 4 rings (SSSR count). The number of carbonyl (C=O) groups is 2. The number of rotatable bonds is 5.